The maximum atomic E-state index is 13.0. The molecule has 0 aliphatic carbocycles. The summed E-state index contributed by atoms with van der Waals surface area (Å²) in [5.74, 6) is -1.21. The minimum atomic E-state index is -0.700. The van der Waals surface area contributed by atoms with E-state index in [1.807, 2.05) is 13.8 Å². The lowest BCUT2D eigenvalue weighted by atomic mass is 10.2. The van der Waals surface area contributed by atoms with Crippen molar-refractivity contribution in [2.24, 2.45) is 5.92 Å². The van der Waals surface area contributed by atoms with Gasteiger partial charge in [0.15, 0.2) is 5.16 Å². The van der Waals surface area contributed by atoms with Gasteiger partial charge in [0.2, 0.25) is 5.91 Å². The number of benzene rings is 2. The van der Waals surface area contributed by atoms with Gasteiger partial charge in [0.25, 0.3) is 17.2 Å². The molecule has 0 radical (unpaired) electrons. The van der Waals surface area contributed by atoms with Gasteiger partial charge >= 0.3 is 0 Å². The number of amides is 2. The fourth-order valence-corrected chi connectivity index (χ4v) is 3.92. The summed E-state index contributed by atoms with van der Waals surface area (Å²) in [4.78, 5) is 52.1. The van der Waals surface area contributed by atoms with Gasteiger partial charge in [0.05, 0.1) is 21.6 Å². The van der Waals surface area contributed by atoms with Gasteiger partial charge in [0.1, 0.15) is 0 Å². The molecule has 0 atom stereocenters. The summed E-state index contributed by atoms with van der Waals surface area (Å²) in [6, 6.07) is 9.96. The smallest absolute Gasteiger partial charge is 0.270 e. The summed E-state index contributed by atoms with van der Waals surface area (Å²) in [5, 5.41) is 12.0. The second-order valence-electron chi connectivity index (χ2n) is 7.46. The summed E-state index contributed by atoms with van der Waals surface area (Å²) in [6.07, 6.45) is 0. The van der Waals surface area contributed by atoms with Crippen molar-refractivity contribution in [2.45, 2.75) is 25.5 Å². The number of carbonyl (C=O) groups excluding carboxylic acids is 2. The number of nitrogens with one attached hydrogen (secondary N) is 2. The highest BCUT2D eigenvalue weighted by atomic mass is 35.5. The molecule has 3 rings (SSSR count). The van der Waals surface area contributed by atoms with E-state index in [0.717, 1.165) is 17.8 Å². The Balaban J connectivity index is 1.70. The normalized spacial score (nSPS) is 10.9. The molecule has 0 fully saturated rings. The van der Waals surface area contributed by atoms with Crippen LogP contribution in [0.25, 0.3) is 10.9 Å². The van der Waals surface area contributed by atoms with E-state index in [9.17, 15) is 24.5 Å². The second kappa shape index (κ2) is 10.5. The number of nitro groups is 1. The van der Waals surface area contributed by atoms with Gasteiger partial charge in [-0.05, 0) is 30.2 Å². The number of hydrogen-bond donors (Lipinski definition) is 2. The van der Waals surface area contributed by atoms with Crippen LogP contribution in [0.5, 0.6) is 0 Å². The number of aromatic nitrogens is 2. The Morgan fingerprint density at radius 3 is 2.67 bits per heavy atom. The van der Waals surface area contributed by atoms with Crippen LogP contribution in [0.1, 0.15) is 24.2 Å². The number of rotatable bonds is 7. The Morgan fingerprint density at radius 1 is 1.21 bits per heavy atom. The van der Waals surface area contributed by atoms with Crippen LogP contribution in [-0.2, 0) is 11.3 Å². The van der Waals surface area contributed by atoms with Crippen molar-refractivity contribution in [3.05, 3.63) is 73.5 Å². The average Bonchev–Trinajstić information content (AvgIpc) is 2.78. The largest absolute Gasteiger partial charge is 0.287 e. The van der Waals surface area contributed by atoms with Crippen molar-refractivity contribution < 1.29 is 14.5 Å². The quantitative estimate of drug-likeness (QED) is 0.225. The standard InChI is InChI=1S/C21H20ClN5O5S/c1-12(2)10-26-20(30)16-9-14(22)6-7-17(16)23-21(26)33-11-18(28)24-25-19(29)13-4-3-5-15(8-13)27(31)32/h3-9,12H,10-11H2,1-2H3,(H,24,28)(H,25,29). The van der Waals surface area contributed by atoms with E-state index in [-0.39, 0.29) is 28.5 Å². The van der Waals surface area contributed by atoms with E-state index in [0.29, 0.717) is 27.6 Å². The van der Waals surface area contributed by atoms with Gasteiger partial charge in [-0.2, -0.15) is 0 Å². The summed E-state index contributed by atoms with van der Waals surface area (Å²) in [7, 11) is 0. The van der Waals surface area contributed by atoms with Crippen molar-refractivity contribution in [1.29, 1.82) is 0 Å². The number of fused-ring (bicyclic) bond motifs is 1. The molecular formula is C21H20ClN5O5S. The maximum absolute atomic E-state index is 13.0. The van der Waals surface area contributed by atoms with Crippen LogP contribution >= 0.6 is 23.4 Å². The fraction of sp³-hybridized carbons (Fsp3) is 0.238. The summed E-state index contributed by atoms with van der Waals surface area (Å²) in [6.45, 7) is 4.32. The van der Waals surface area contributed by atoms with Crippen LogP contribution in [-0.4, -0.2) is 32.0 Å². The maximum Gasteiger partial charge on any atom is 0.270 e. The van der Waals surface area contributed by atoms with Gasteiger partial charge in [-0.25, -0.2) is 4.98 Å². The van der Waals surface area contributed by atoms with E-state index >= 15 is 0 Å². The van der Waals surface area contributed by atoms with E-state index in [4.69, 9.17) is 11.6 Å². The van der Waals surface area contributed by atoms with E-state index < -0.39 is 16.7 Å². The molecule has 10 nitrogen and oxygen atoms in total. The third kappa shape index (κ3) is 6.08. The van der Waals surface area contributed by atoms with Crippen molar-refractivity contribution in [1.82, 2.24) is 20.4 Å². The van der Waals surface area contributed by atoms with Gasteiger partial charge in [-0.15, -0.1) is 0 Å². The minimum Gasteiger partial charge on any atom is -0.287 e. The third-order valence-electron chi connectivity index (χ3n) is 4.40. The van der Waals surface area contributed by atoms with Crippen molar-refractivity contribution >= 4 is 51.8 Å². The van der Waals surface area contributed by atoms with Crippen molar-refractivity contribution in [3.63, 3.8) is 0 Å². The lowest BCUT2D eigenvalue weighted by molar-refractivity contribution is -0.384. The molecule has 0 bridgehead atoms. The first-order valence-corrected chi connectivity index (χ1v) is 11.2. The number of nitro benzene ring substituents is 1. The number of hydrogen-bond acceptors (Lipinski definition) is 7. The molecular weight excluding hydrogens is 470 g/mol. The van der Waals surface area contributed by atoms with E-state index in [1.54, 1.807) is 18.2 Å². The molecule has 172 valence electrons. The number of non-ortho nitro benzene ring substituents is 1. The van der Waals surface area contributed by atoms with Crippen LogP contribution in [0.3, 0.4) is 0 Å². The molecule has 3 aromatic rings. The Bertz CT molecular complexity index is 1290. The second-order valence-corrected chi connectivity index (χ2v) is 8.84. The van der Waals surface area contributed by atoms with Crippen molar-refractivity contribution in [2.75, 3.05) is 5.75 Å². The first kappa shape index (κ1) is 24.2. The molecule has 33 heavy (non-hydrogen) atoms. The van der Waals surface area contributed by atoms with E-state index in [2.05, 4.69) is 15.8 Å². The molecule has 1 aromatic heterocycles. The predicted molar refractivity (Wildman–Crippen MR) is 125 cm³/mol. The van der Waals surface area contributed by atoms with Gasteiger partial charge in [-0.1, -0.05) is 43.3 Å². The zero-order valence-electron chi connectivity index (χ0n) is 17.7. The number of hydrazine groups is 1. The monoisotopic (exact) mass is 489 g/mol. The number of halogens is 1. The number of thioether (sulfide) groups is 1. The molecule has 0 saturated heterocycles. The van der Waals surface area contributed by atoms with Gasteiger partial charge in [0, 0.05) is 29.3 Å². The minimum absolute atomic E-state index is 0.0257. The zero-order chi connectivity index (χ0) is 24.1. The summed E-state index contributed by atoms with van der Waals surface area (Å²) in [5.41, 5.74) is 4.47. The molecule has 1 heterocycles. The topological polar surface area (TPSA) is 136 Å². The van der Waals surface area contributed by atoms with Crippen LogP contribution in [0.4, 0.5) is 5.69 Å². The lowest BCUT2D eigenvalue weighted by Crippen LogP contribution is -2.42. The van der Waals surface area contributed by atoms with E-state index in [1.165, 1.54) is 22.8 Å². The summed E-state index contributed by atoms with van der Waals surface area (Å²) >= 11 is 7.07. The highest BCUT2D eigenvalue weighted by Crippen LogP contribution is 2.21. The molecule has 0 spiro atoms. The zero-order valence-corrected chi connectivity index (χ0v) is 19.3. The third-order valence-corrected chi connectivity index (χ3v) is 5.61. The van der Waals surface area contributed by atoms with Crippen LogP contribution in [0, 0.1) is 16.0 Å². The van der Waals surface area contributed by atoms with Gasteiger partial charge < -0.3 is 0 Å². The molecule has 0 unspecified atom stereocenters. The first-order valence-electron chi connectivity index (χ1n) is 9.82. The fourth-order valence-electron chi connectivity index (χ4n) is 2.93. The Morgan fingerprint density at radius 2 is 1.97 bits per heavy atom. The molecule has 2 amide bonds. The molecule has 2 aromatic carbocycles. The Labute approximate surface area is 197 Å². The predicted octanol–water partition coefficient (Wildman–Crippen LogP) is 3.17. The lowest BCUT2D eigenvalue weighted by Gasteiger charge is -2.15. The number of nitrogens with zero attached hydrogens (tertiary/aromatic N) is 3. The Hall–Kier alpha value is -3.44. The highest BCUT2D eigenvalue weighted by molar-refractivity contribution is 7.99. The molecule has 0 aliphatic rings. The van der Waals surface area contributed by atoms with Crippen LogP contribution in [0.2, 0.25) is 5.02 Å². The highest BCUT2D eigenvalue weighted by Gasteiger charge is 2.16. The van der Waals surface area contributed by atoms with Crippen molar-refractivity contribution in [3.8, 4) is 0 Å². The molecule has 0 saturated carbocycles. The van der Waals surface area contributed by atoms with Gasteiger partial charge in [-0.3, -0.25) is 39.9 Å². The molecule has 12 heteroatoms. The molecule has 0 aliphatic heterocycles. The first-order chi connectivity index (χ1) is 15.7. The Kier molecular flexibility index (Phi) is 7.67. The summed E-state index contributed by atoms with van der Waals surface area (Å²) < 4.78 is 1.50. The number of carbonyl (C=O) groups is 2. The van der Waals surface area contributed by atoms with Crippen LogP contribution < -0.4 is 16.4 Å². The SMILES string of the molecule is CC(C)Cn1c(SCC(=O)NNC(=O)c2cccc([N+](=O)[O-])c2)nc2ccc(Cl)cc2c1=O. The molecule has 2 N–H and O–H groups in total. The average molecular weight is 490 g/mol. The van der Waals surface area contributed by atoms with Crippen LogP contribution in [0.15, 0.2) is 52.4 Å².